The number of rotatable bonds is 5. The molecule has 0 spiro atoms. The average molecular weight is 238 g/mol. The van der Waals surface area contributed by atoms with Crippen LogP contribution in [0.2, 0.25) is 0 Å². The number of nitrogens with zero attached hydrogens (tertiary/aromatic N) is 1. The van der Waals surface area contributed by atoms with Crippen LogP contribution in [0.1, 0.15) is 30.8 Å². The molecule has 1 atom stereocenters. The Morgan fingerprint density at radius 1 is 1.53 bits per heavy atom. The Morgan fingerprint density at radius 2 is 2.18 bits per heavy atom. The van der Waals surface area contributed by atoms with Crippen LogP contribution in [0.4, 0.5) is 0 Å². The van der Waals surface area contributed by atoms with Crippen molar-refractivity contribution in [3.05, 3.63) is 23.0 Å². The van der Waals surface area contributed by atoms with Gasteiger partial charge in [0.25, 0.3) is 0 Å². The summed E-state index contributed by atoms with van der Waals surface area (Å²) in [4.78, 5) is 11.3. The lowest BCUT2D eigenvalue weighted by Crippen LogP contribution is -2.34. The van der Waals surface area contributed by atoms with E-state index in [1.54, 1.807) is 0 Å². The highest BCUT2D eigenvalue weighted by Crippen LogP contribution is 2.14. The Kier molecular flexibility index (Phi) is 4.75. The number of aromatic nitrogens is 1. The summed E-state index contributed by atoms with van der Waals surface area (Å²) in [5, 5.41) is 3.17. The summed E-state index contributed by atoms with van der Waals surface area (Å²) in [6, 6.07) is 1.89. The van der Waals surface area contributed by atoms with Crippen LogP contribution in [0, 0.1) is 13.8 Å². The first-order valence-electron chi connectivity index (χ1n) is 5.98. The van der Waals surface area contributed by atoms with E-state index in [1.807, 2.05) is 6.92 Å². The van der Waals surface area contributed by atoms with Crippen molar-refractivity contribution in [2.45, 2.75) is 46.8 Å². The highest BCUT2D eigenvalue weighted by Gasteiger charge is 2.14. The number of nitrogens with one attached hydrogen (secondary N) is 1. The zero-order valence-electron chi connectivity index (χ0n) is 11.3. The maximum atomic E-state index is 11.3. The highest BCUT2D eigenvalue weighted by atomic mass is 16.5. The zero-order valence-corrected chi connectivity index (χ0v) is 11.3. The van der Waals surface area contributed by atoms with Gasteiger partial charge < -0.3 is 14.6 Å². The fraction of sp³-hybridized carbons (Fsp3) is 0.615. The van der Waals surface area contributed by atoms with Gasteiger partial charge in [0.05, 0.1) is 7.11 Å². The Hall–Kier alpha value is -1.29. The Balaban J connectivity index is 2.67. The molecule has 0 fully saturated rings. The maximum absolute atomic E-state index is 11.3. The van der Waals surface area contributed by atoms with Crippen LogP contribution < -0.4 is 5.32 Å². The molecule has 4 heteroatoms. The summed E-state index contributed by atoms with van der Waals surface area (Å²) in [6.07, 6.45) is 0. The minimum absolute atomic E-state index is 0.228. The van der Waals surface area contributed by atoms with E-state index in [-0.39, 0.29) is 12.0 Å². The number of carbonyl (C=O) groups is 1. The predicted molar refractivity (Wildman–Crippen MR) is 67.9 cm³/mol. The van der Waals surface area contributed by atoms with Crippen molar-refractivity contribution < 1.29 is 9.53 Å². The molecule has 0 aliphatic heterocycles. The van der Waals surface area contributed by atoms with Crippen molar-refractivity contribution in [3.63, 3.8) is 0 Å². The van der Waals surface area contributed by atoms with Gasteiger partial charge in [-0.1, -0.05) is 0 Å². The fourth-order valence-corrected chi connectivity index (χ4v) is 2.06. The molecule has 0 saturated heterocycles. The second kappa shape index (κ2) is 5.87. The molecule has 0 bridgehead atoms. The van der Waals surface area contributed by atoms with Crippen molar-refractivity contribution in [1.82, 2.24) is 9.88 Å². The van der Waals surface area contributed by atoms with E-state index in [1.165, 1.54) is 24.1 Å². The van der Waals surface area contributed by atoms with E-state index in [0.29, 0.717) is 6.54 Å². The topological polar surface area (TPSA) is 43.3 Å². The van der Waals surface area contributed by atoms with E-state index >= 15 is 0 Å². The summed E-state index contributed by atoms with van der Waals surface area (Å²) < 4.78 is 6.94. The third kappa shape index (κ3) is 3.09. The number of aryl methyl sites for hydroxylation is 1. The molecule has 17 heavy (non-hydrogen) atoms. The standard InChI is InChI=1S/C13H22N2O2/c1-6-15-9(2)7-12(11(15)4)8-14-10(3)13(16)17-5/h7,10,14H,6,8H2,1-5H3. The summed E-state index contributed by atoms with van der Waals surface area (Å²) in [6.45, 7) is 9.82. The van der Waals surface area contributed by atoms with Crippen LogP contribution >= 0.6 is 0 Å². The molecule has 4 nitrogen and oxygen atoms in total. The van der Waals surface area contributed by atoms with Gasteiger partial charge in [0.1, 0.15) is 6.04 Å². The monoisotopic (exact) mass is 238 g/mol. The summed E-state index contributed by atoms with van der Waals surface area (Å²) >= 11 is 0. The number of ether oxygens (including phenoxy) is 1. The molecule has 0 aromatic carbocycles. The SMILES string of the molecule is CCn1c(C)cc(CNC(C)C(=O)OC)c1C. The van der Waals surface area contributed by atoms with Crippen LogP contribution in [-0.4, -0.2) is 23.7 Å². The summed E-state index contributed by atoms with van der Waals surface area (Å²) in [5.41, 5.74) is 3.75. The Morgan fingerprint density at radius 3 is 2.65 bits per heavy atom. The number of hydrogen-bond donors (Lipinski definition) is 1. The largest absolute Gasteiger partial charge is 0.468 e. The van der Waals surface area contributed by atoms with Crippen LogP contribution in [0.5, 0.6) is 0 Å². The van der Waals surface area contributed by atoms with Gasteiger partial charge in [-0.05, 0) is 39.3 Å². The first-order valence-corrected chi connectivity index (χ1v) is 5.98. The molecule has 1 rings (SSSR count). The van der Waals surface area contributed by atoms with Gasteiger partial charge in [0.15, 0.2) is 0 Å². The van der Waals surface area contributed by atoms with Gasteiger partial charge in [-0.2, -0.15) is 0 Å². The summed E-state index contributed by atoms with van der Waals surface area (Å²) in [5.74, 6) is -0.228. The normalized spacial score (nSPS) is 12.5. The van der Waals surface area contributed by atoms with Crippen molar-refractivity contribution in [3.8, 4) is 0 Å². The molecule has 0 aliphatic carbocycles. The van der Waals surface area contributed by atoms with Crippen molar-refractivity contribution in [2.75, 3.05) is 7.11 Å². The lowest BCUT2D eigenvalue weighted by atomic mass is 10.2. The molecule has 1 aromatic heterocycles. The van der Waals surface area contributed by atoms with Crippen molar-refractivity contribution in [2.24, 2.45) is 0 Å². The third-order valence-corrected chi connectivity index (χ3v) is 3.15. The first kappa shape index (κ1) is 13.8. The van der Waals surface area contributed by atoms with Crippen LogP contribution in [-0.2, 0) is 22.6 Å². The molecular weight excluding hydrogens is 216 g/mol. The van der Waals surface area contributed by atoms with Crippen LogP contribution in [0.15, 0.2) is 6.07 Å². The number of esters is 1. The third-order valence-electron chi connectivity index (χ3n) is 3.15. The lowest BCUT2D eigenvalue weighted by Gasteiger charge is -2.11. The molecule has 96 valence electrons. The quantitative estimate of drug-likeness (QED) is 0.795. The number of carbonyl (C=O) groups excluding carboxylic acids is 1. The van der Waals surface area contributed by atoms with E-state index in [0.717, 1.165) is 6.54 Å². The zero-order chi connectivity index (χ0) is 13.0. The van der Waals surface area contributed by atoms with Gasteiger partial charge in [-0.25, -0.2) is 0 Å². The van der Waals surface area contributed by atoms with E-state index in [4.69, 9.17) is 0 Å². The minimum Gasteiger partial charge on any atom is -0.468 e. The Bertz CT molecular complexity index is 396. The molecule has 1 unspecified atom stereocenters. The lowest BCUT2D eigenvalue weighted by molar-refractivity contribution is -0.142. The molecule has 0 radical (unpaired) electrons. The minimum atomic E-state index is -0.273. The van der Waals surface area contributed by atoms with Crippen molar-refractivity contribution >= 4 is 5.97 Å². The molecule has 1 heterocycles. The molecule has 1 N–H and O–H groups in total. The molecular formula is C13H22N2O2. The van der Waals surface area contributed by atoms with E-state index in [2.05, 4.69) is 41.5 Å². The van der Waals surface area contributed by atoms with Gasteiger partial charge in [-0.15, -0.1) is 0 Å². The summed E-state index contributed by atoms with van der Waals surface area (Å²) in [7, 11) is 1.41. The van der Waals surface area contributed by atoms with E-state index < -0.39 is 0 Å². The second-order valence-corrected chi connectivity index (χ2v) is 4.27. The van der Waals surface area contributed by atoms with Gasteiger partial charge in [0.2, 0.25) is 0 Å². The highest BCUT2D eigenvalue weighted by molar-refractivity contribution is 5.75. The van der Waals surface area contributed by atoms with Crippen LogP contribution in [0.3, 0.4) is 0 Å². The number of methoxy groups -OCH3 is 1. The van der Waals surface area contributed by atoms with Crippen molar-refractivity contribution in [1.29, 1.82) is 0 Å². The Labute approximate surface area is 103 Å². The fourth-order valence-electron chi connectivity index (χ4n) is 2.06. The second-order valence-electron chi connectivity index (χ2n) is 4.27. The smallest absolute Gasteiger partial charge is 0.322 e. The van der Waals surface area contributed by atoms with E-state index in [9.17, 15) is 4.79 Å². The van der Waals surface area contributed by atoms with Gasteiger partial charge in [-0.3, -0.25) is 4.79 Å². The number of hydrogen-bond acceptors (Lipinski definition) is 3. The molecule has 1 aromatic rings. The maximum Gasteiger partial charge on any atom is 0.322 e. The molecule has 0 aliphatic rings. The average Bonchev–Trinajstić information content (AvgIpc) is 2.59. The first-order chi connectivity index (χ1) is 8.01. The van der Waals surface area contributed by atoms with Gasteiger partial charge in [0, 0.05) is 24.5 Å². The molecule has 0 amide bonds. The van der Waals surface area contributed by atoms with Gasteiger partial charge >= 0.3 is 5.97 Å². The van der Waals surface area contributed by atoms with Crippen LogP contribution in [0.25, 0.3) is 0 Å². The predicted octanol–water partition coefficient (Wildman–Crippen LogP) is 1.78. The molecule has 0 saturated carbocycles.